The number of ether oxygens (including phenoxy) is 4. The second kappa shape index (κ2) is 5.91. The predicted molar refractivity (Wildman–Crippen MR) is 75.6 cm³/mol. The van der Waals surface area contributed by atoms with E-state index in [9.17, 15) is 0 Å². The Morgan fingerprint density at radius 2 is 1.95 bits per heavy atom. The van der Waals surface area contributed by atoms with Crippen LogP contribution in [0.15, 0.2) is 0 Å². The van der Waals surface area contributed by atoms with E-state index in [2.05, 4.69) is 20.8 Å². The van der Waals surface area contributed by atoms with E-state index in [1.165, 1.54) is 0 Å². The summed E-state index contributed by atoms with van der Waals surface area (Å²) in [5.41, 5.74) is 0. The standard InChI is InChI=1S/C16H28O4/c1-4-6-16(3)18-7-5-12-15(20-16)9-13-14(19-12)8-11(2)10-17-13/h11-15H,4-10H2,1-3H3. The van der Waals surface area contributed by atoms with Gasteiger partial charge < -0.3 is 18.9 Å². The van der Waals surface area contributed by atoms with Crippen LogP contribution in [-0.2, 0) is 18.9 Å². The van der Waals surface area contributed by atoms with Gasteiger partial charge in [0.2, 0.25) is 0 Å². The van der Waals surface area contributed by atoms with Gasteiger partial charge in [0, 0.05) is 19.4 Å². The largest absolute Gasteiger partial charge is 0.375 e. The highest BCUT2D eigenvalue weighted by Gasteiger charge is 2.45. The lowest BCUT2D eigenvalue weighted by atomic mass is 9.89. The van der Waals surface area contributed by atoms with Gasteiger partial charge >= 0.3 is 0 Å². The van der Waals surface area contributed by atoms with Crippen molar-refractivity contribution in [2.24, 2.45) is 5.92 Å². The smallest absolute Gasteiger partial charge is 0.166 e. The quantitative estimate of drug-likeness (QED) is 0.781. The first-order valence-electron chi connectivity index (χ1n) is 8.18. The third-order valence-electron chi connectivity index (χ3n) is 4.79. The first-order valence-corrected chi connectivity index (χ1v) is 8.18. The minimum Gasteiger partial charge on any atom is -0.375 e. The van der Waals surface area contributed by atoms with Crippen LogP contribution in [0.25, 0.3) is 0 Å². The van der Waals surface area contributed by atoms with E-state index in [1.807, 2.05) is 0 Å². The Bertz CT molecular complexity index is 334. The minimum atomic E-state index is -0.452. The van der Waals surface area contributed by atoms with Gasteiger partial charge in [0.05, 0.1) is 31.0 Å². The molecule has 0 radical (unpaired) electrons. The zero-order valence-electron chi connectivity index (χ0n) is 13.0. The molecule has 0 bridgehead atoms. The van der Waals surface area contributed by atoms with Gasteiger partial charge in [-0.3, -0.25) is 0 Å². The minimum absolute atomic E-state index is 0.115. The van der Waals surface area contributed by atoms with Crippen molar-refractivity contribution in [3.63, 3.8) is 0 Å². The Balaban J connectivity index is 1.68. The molecule has 0 saturated carbocycles. The summed E-state index contributed by atoms with van der Waals surface area (Å²) in [6, 6.07) is 0. The maximum atomic E-state index is 6.29. The summed E-state index contributed by atoms with van der Waals surface area (Å²) in [4.78, 5) is 0. The summed E-state index contributed by atoms with van der Waals surface area (Å²) in [5, 5.41) is 0. The maximum Gasteiger partial charge on any atom is 0.166 e. The van der Waals surface area contributed by atoms with Crippen molar-refractivity contribution in [3.05, 3.63) is 0 Å². The molecule has 0 aromatic rings. The van der Waals surface area contributed by atoms with Gasteiger partial charge in [0.25, 0.3) is 0 Å². The highest BCUT2D eigenvalue weighted by molar-refractivity contribution is 4.91. The van der Waals surface area contributed by atoms with Gasteiger partial charge in [-0.1, -0.05) is 20.3 Å². The van der Waals surface area contributed by atoms with E-state index in [0.29, 0.717) is 5.92 Å². The van der Waals surface area contributed by atoms with Crippen LogP contribution in [0.3, 0.4) is 0 Å². The molecule has 3 aliphatic heterocycles. The van der Waals surface area contributed by atoms with Gasteiger partial charge in [-0.2, -0.15) is 0 Å². The Hall–Kier alpha value is -0.160. The fraction of sp³-hybridized carbons (Fsp3) is 1.00. The van der Waals surface area contributed by atoms with Gasteiger partial charge in [-0.15, -0.1) is 0 Å². The average molecular weight is 284 g/mol. The fourth-order valence-corrected chi connectivity index (χ4v) is 3.78. The lowest BCUT2D eigenvalue weighted by Crippen LogP contribution is -2.53. The van der Waals surface area contributed by atoms with Crippen molar-refractivity contribution in [1.29, 1.82) is 0 Å². The molecular formula is C16H28O4. The zero-order valence-corrected chi connectivity index (χ0v) is 13.0. The third kappa shape index (κ3) is 3.03. The second-order valence-electron chi connectivity index (χ2n) is 6.84. The molecule has 0 aliphatic carbocycles. The van der Waals surface area contributed by atoms with Crippen LogP contribution < -0.4 is 0 Å². The van der Waals surface area contributed by atoms with Crippen LogP contribution in [-0.4, -0.2) is 43.4 Å². The lowest BCUT2D eigenvalue weighted by molar-refractivity contribution is -0.278. The van der Waals surface area contributed by atoms with Crippen molar-refractivity contribution in [1.82, 2.24) is 0 Å². The van der Waals surface area contributed by atoms with E-state index < -0.39 is 5.79 Å². The molecule has 3 heterocycles. The number of hydrogen-bond donors (Lipinski definition) is 0. The molecule has 0 aromatic carbocycles. The van der Waals surface area contributed by atoms with Crippen LogP contribution >= 0.6 is 0 Å². The van der Waals surface area contributed by atoms with Crippen molar-refractivity contribution in [2.75, 3.05) is 13.2 Å². The molecule has 0 aromatic heterocycles. The number of fused-ring (bicyclic) bond motifs is 2. The predicted octanol–water partition coefficient (Wildman–Crippen LogP) is 2.89. The van der Waals surface area contributed by atoms with Gasteiger partial charge in [-0.05, 0) is 25.7 Å². The summed E-state index contributed by atoms with van der Waals surface area (Å²) in [6.07, 6.45) is 5.73. The Labute approximate surface area is 122 Å². The summed E-state index contributed by atoms with van der Waals surface area (Å²) in [7, 11) is 0. The molecule has 0 amide bonds. The van der Waals surface area contributed by atoms with Crippen LogP contribution in [0.1, 0.15) is 52.9 Å². The highest BCUT2D eigenvalue weighted by Crippen LogP contribution is 2.37. The third-order valence-corrected chi connectivity index (χ3v) is 4.79. The molecule has 3 saturated heterocycles. The van der Waals surface area contributed by atoms with Gasteiger partial charge in [0.15, 0.2) is 5.79 Å². The molecule has 6 unspecified atom stereocenters. The fourth-order valence-electron chi connectivity index (χ4n) is 3.78. The summed E-state index contributed by atoms with van der Waals surface area (Å²) in [6.45, 7) is 8.04. The van der Waals surface area contributed by atoms with E-state index in [0.717, 1.165) is 45.3 Å². The molecule has 0 N–H and O–H groups in total. The number of hydrogen-bond acceptors (Lipinski definition) is 4. The highest BCUT2D eigenvalue weighted by atomic mass is 16.7. The van der Waals surface area contributed by atoms with Crippen molar-refractivity contribution >= 4 is 0 Å². The normalized spacial score (nSPS) is 49.0. The molecule has 3 aliphatic rings. The first-order chi connectivity index (χ1) is 9.59. The van der Waals surface area contributed by atoms with Crippen molar-refractivity contribution < 1.29 is 18.9 Å². The molecule has 4 nitrogen and oxygen atoms in total. The Kier molecular flexibility index (Phi) is 4.37. The molecule has 3 fully saturated rings. The van der Waals surface area contributed by atoms with Gasteiger partial charge in [0.1, 0.15) is 0 Å². The molecule has 6 atom stereocenters. The SMILES string of the molecule is CCCC1(C)OCCC2OC3CC(C)COC3CC2O1. The zero-order chi connectivity index (χ0) is 14.2. The van der Waals surface area contributed by atoms with Crippen molar-refractivity contribution in [3.8, 4) is 0 Å². The Morgan fingerprint density at radius 1 is 1.10 bits per heavy atom. The maximum absolute atomic E-state index is 6.29. The van der Waals surface area contributed by atoms with E-state index in [-0.39, 0.29) is 24.4 Å². The molecule has 0 spiro atoms. The molecule has 20 heavy (non-hydrogen) atoms. The van der Waals surface area contributed by atoms with E-state index >= 15 is 0 Å². The first kappa shape index (κ1) is 14.8. The van der Waals surface area contributed by atoms with Crippen molar-refractivity contribution in [2.45, 2.75) is 83.1 Å². The van der Waals surface area contributed by atoms with E-state index in [1.54, 1.807) is 0 Å². The van der Waals surface area contributed by atoms with Crippen LogP contribution in [0.5, 0.6) is 0 Å². The van der Waals surface area contributed by atoms with E-state index in [4.69, 9.17) is 18.9 Å². The lowest BCUT2D eigenvalue weighted by Gasteiger charge is -2.45. The number of rotatable bonds is 2. The summed E-state index contributed by atoms with van der Waals surface area (Å²) < 4.78 is 24.5. The molecule has 116 valence electrons. The second-order valence-corrected chi connectivity index (χ2v) is 6.84. The molecular weight excluding hydrogens is 256 g/mol. The van der Waals surface area contributed by atoms with Crippen LogP contribution in [0.2, 0.25) is 0 Å². The van der Waals surface area contributed by atoms with Crippen LogP contribution in [0, 0.1) is 5.92 Å². The summed E-state index contributed by atoms with van der Waals surface area (Å²) >= 11 is 0. The summed E-state index contributed by atoms with van der Waals surface area (Å²) in [5.74, 6) is 0.146. The Morgan fingerprint density at radius 3 is 2.75 bits per heavy atom. The average Bonchev–Trinajstić information content (AvgIpc) is 2.54. The van der Waals surface area contributed by atoms with Crippen LogP contribution in [0.4, 0.5) is 0 Å². The topological polar surface area (TPSA) is 36.9 Å². The monoisotopic (exact) mass is 284 g/mol. The molecule has 4 heteroatoms. The molecule has 3 rings (SSSR count). The van der Waals surface area contributed by atoms with Gasteiger partial charge in [-0.25, -0.2) is 0 Å².